The predicted molar refractivity (Wildman–Crippen MR) is 80.0 cm³/mol. The number of esters is 1. The number of ether oxygens (including phenoxy) is 1. The van der Waals surface area contributed by atoms with Crippen LogP contribution in [0.3, 0.4) is 0 Å². The van der Waals surface area contributed by atoms with Crippen molar-refractivity contribution in [2.45, 2.75) is 13.5 Å². The van der Waals surface area contributed by atoms with E-state index >= 15 is 0 Å². The largest absolute Gasteiger partial charge is 0.423 e. The highest BCUT2D eigenvalue weighted by molar-refractivity contribution is 5.91. The van der Waals surface area contributed by atoms with Crippen molar-refractivity contribution in [3.63, 3.8) is 0 Å². The molecule has 0 spiro atoms. The molecule has 2 aromatic rings. The van der Waals surface area contributed by atoms with Crippen molar-refractivity contribution >= 4 is 17.6 Å². The third-order valence-corrected chi connectivity index (χ3v) is 2.81. The maximum Gasteiger partial charge on any atom is 0.343 e. The van der Waals surface area contributed by atoms with Crippen LogP contribution in [0.25, 0.3) is 0 Å². The number of amides is 1. The Hall–Kier alpha value is -2.66. The molecule has 0 saturated carbocycles. The summed E-state index contributed by atoms with van der Waals surface area (Å²) < 4.78 is 5.25. The van der Waals surface area contributed by atoms with Crippen molar-refractivity contribution in [2.75, 3.05) is 5.32 Å². The van der Waals surface area contributed by atoms with Gasteiger partial charge >= 0.3 is 5.97 Å². The average molecular weight is 284 g/mol. The lowest BCUT2D eigenvalue weighted by molar-refractivity contribution is -0.114. The molecule has 0 fully saturated rings. The Morgan fingerprint density at radius 2 is 1.67 bits per heavy atom. The van der Waals surface area contributed by atoms with E-state index in [-0.39, 0.29) is 5.91 Å². The molecule has 0 aliphatic heterocycles. The minimum atomic E-state index is -0.439. The monoisotopic (exact) mass is 284 g/mol. The molecule has 0 aromatic heterocycles. The number of anilines is 1. The minimum absolute atomic E-state index is 0.153. The van der Waals surface area contributed by atoms with Gasteiger partial charge in [0.2, 0.25) is 5.91 Å². The van der Waals surface area contributed by atoms with E-state index in [1.807, 2.05) is 0 Å². The van der Waals surface area contributed by atoms with E-state index in [0.717, 1.165) is 5.56 Å². The predicted octanol–water partition coefficient (Wildman–Crippen LogP) is 2.32. The Balaban J connectivity index is 2.03. The van der Waals surface area contributed by atoms with Crippen molar-refractivity contribution in [1.82, 2.24) is 0 Å². The number of nitrogens with two attached hydrogens (primary N) is 1. The number of carbonyl (C=O) groups is 2. The van der Waals surface area contributed by atoms with Crippen molar-refractivity contribution in [3.8, 4) is 5.75 Å². The van der Waals surface area contributed by atoms with Gasteiger partial charge in [0.15, 0.2) is 0 Å². The number of hydrogen-bond acceptors (Lipinski definition) is 4. The summed E-state index contributed by atoms with van der Waals surface area (Å²) in [5.41, 5.74) is 7.56. The second kappa shape index (κ2) is 6.67. The highest BCUT2D eigenvalue weighted by Gasteiger charge is 2.08. The van der Waals surface area contributed by atoms with E-state index in [1.165, 1.54) is 6.92 Å². The molecule has 3 N–H and O–H groups in total. The highest BCUT2D eigenvalue weighted by Crippen LogP contribution is 2.17. The van der Waals surface area contributed by atoms with Crippen LogP contribution in [0.1, 0.15) is 22.8 Å². The third-order valence-electron chi connectivity index (χ3n) is 2.81. The fraction of sp³-hybridized carbons (Fsp3) is 0.125. The van der Waals surface area contributed by atoms with Crippen molar-refractivity contribution in [2.24, 2.45) is 5.73 Å². The molecular weight excluding hydrogens is 268 g/mol. The summed E-state index contributed by atoms with van der Waals surface area (Å²) in [7, 11) is 0. The Labute approximate surface area is 122 Å². The summed E-state index contributed by atoms with van der Waals surface area (Å²) in [5, 5.41) is 2.64. The molecule has 2 rings (SSSR count). The van der Waals surface area contributed by atoms with Gasteiger partial charge in [0.25, 0.3) is 0 Å². The van der Waals surface area contributed by atoms with E-state index in [1.54, 1.807) is 48.5 Å². The Morgan fingerprint density at radius 1 is 1.05 bits per heavy atom. The van der Waals surface area contributed by atoms with Gasteiger partial charge in [-0.1, -0.05) is 12.1 Å². The lowest BCUT2D eigenvalue weighted by Gasteiger charge is -2.06. The Bertz CT molecular complexity index is 634. The fourth-order valence-corrected chi connectivity index (χ4v) is 1.75. The molecule has 1 amide bonds. The van der Waals surface area contributed by atoms with Gasteiger partial charge in [-0.2, -0.15) is 0 Å². The van der Waals surface area contributed by atoms with E-state index in [9.17, 15) is 9.59 Å². The van der Waals surface area contributed by atoms with Crippen molar-refractivity contribution in [1.29, 1.82) is 0 Å². The van der Waals surface area contributed by atoms with Crippen LogP contribution in [0.2, 0.25) is 0 Å². The SMILES string of the molecule is CC(=O)Nc1ccc(OC(=O)c2ccc(CN)cc2)cc1. The van der Waals surface area contributed by atoms with Gasteiger partial charge < -0.3 is 15.8 Å². The maximum atomic E-state index is 12.0. The van der Waals surface area contributed by atoms with Crippen LogP contribution in [0.15, 0.2) is 48.5 Å². The molecule has 0 atom stereocenters. The average Bonchev–Trinajstić information content (AvgIpc) is 2.49. The molecule has 2 aromatic carbocycles. The number of hydrogen-bond donors (Lipinski definition) is 2. The van der Waals surface area contributed by atoms with Gasteiger partial charge in [0.1, 0.15) is 5.75 Å². The first-order valence-corrected chi connectivity index (χ1v) is 6.47. The van der Waals surface area contributed by atoms with Gasteiger partial charge in [-0.05, 0) is 42.0 Å². The molecule has 0 bridgehead atoms. The van der Waals surface area contributed by atoms with Crippen LogP contribution in [-0.4, -0.2) is 11.9 Å². The Kier molecular flexibility index (Phi) is 4.68. The summed E-state index contributed by atoms with van der Waals surface area (Å²) in [6.45, 7) is 1.86. The first-order valence-electron chi connectivity index (χ1n) is 6.47. The molecule has 0 radical (unpaired) electrons. The van der Waals surface area contributed by atoms with Crippen LogP contribution in [0, 0.1) is 0 Å². The zero-order valence-corrected chi connectivity index (χ0v) is 11.6. The third kappa shape index (κ3) is 4.15. The topological polar surface area (TPSA) is 81.4 Å². The zero-order valence-electron chi connectivity index (χ0n) is 11.6. The molecule has 5 heteroatoms. The van der Waals surface area contributed by atoms with Gasteiger partial charge in [-0.15, -0.1) is 0 Å². The summed E-state index contributed by atoms with van der Waals surface area (Å²) in [6, 6.07) is 13.5. The Morgan fingerprint density at radius 3 is 2.19 bits per heavy atom. The summed E-state index contributed by atoms with van der Waals surface area (Å²) in [6.07, 6.45) is 0. The maximum absolute atomic E-state index is 12.0. The molecule has 0 aliphatic rings. The first-order chi connectivity index (χ1) is 10.1. The number of nitrogens with one attached hydrogen (secondary N) is 1. The summed E-state index contributed by atoms with van der Waals surface area (Å²) in [4.78, 5) is 22.9. The molecule has 108 valence electrons. The smallest absolute Gasteiger partial charge is 0.343 e. The van der Waals surface area contributed by atoms with Gasteiger partial charge in [0.05, 0.1) is 5.56 Å². The first kappa shape index (κ1) is 14.7. The van der Waals surface area contributed by atoms with Crippen LogP contribution in [-0.2, 0) is 11.3 Å². The molecule has 0 aliphatic carbocycles. The van der Waals surface area contributed by atoms with E-state index < -0.39 is 5.97 Å². The number of benzene rings is 2. The number of rotatable bonds is 4. The van der Waals surface area contributed by atoms with Crippen LogP contribution >= 0.6 is 0 Å². The van der Waals surface area contributed by atoms with Gasteiger partial charge in [-0.3, -0.25) is 4.79 Å². The zero-order chi connectivity index (χ0) is 15.2. The number of carbonyl (C=O) groups excluding carboxylic acids is 2. The minimum Gasteiger partial charge on any atom is -0.423 e. The van der Waals surface area contributed by atoms with Crippen LogP contribution < -0.4 is 15.8 Å². The van der Waals surface area contributed by atoms with Gasteiger partial charge in [0, 0.05) is 19.2 Å². The molecule has 0 heterocycles. The fourth-order valence-electron chi connectivity index (χ4n) is 1.75. The van der Waals surface area contributed by atoms with Crippen LogP contribution in [0.5, 0.6) is 5.75 Å². The van der Waals surface area contributed by atoms with Crippen molar-refractivity contribution < 1.29 is 14.3 Å². The quantitative estimate of drug-likeness (QED) is 0.667. The second-order valence-corrected chi connectivity index (χ2v) is 4.50. The molecule has 0 saturated heterocycles. The van der Waals surface area contributed by atoms with Crippen molar-refractivity contribution in [3.05, 3.63) is 59.7 Å². The standard InChI is InChI=1S/C16H16N2O3/c1-11(19)18-14-6-8-15(9-7-14)21-16(20)13-4-2-12(10-17)3-5-13/h2-9H,10,17H2,1H3,(H,18,19). The molecule has 21 heavy (non-hydrogen) atoms. The van der Waals surface area contributed by atoms with Crippen LogP contribution in [0.4, 0.5) is 5.69 Å². The molecular formula is C16H16N2O3. The van der Waals surface area contributed by atoms with E-state index in [2.05, 4.69) is 5.32 Å². The summed E-state index contributed by atoms with van der Waals surface area (Å²) in [5.74, 6) is -0.178. The molecule has 0 unspecified atom stereocenters. The second-order valence-electron chi connectivity index (χ2n) is 4.50. The lowest BCUT2D eigenvalue weighted by atomic mass is 10.1. The lowest BCUT2D eigenvalue weighted by Crippen LogP contribution is -2.09. The molecule has 5 nitrogen and oxygen atoms in total. The summed E-state index contributed by atoms with van der Waals surface area (Å²) >= 11 is 0. The van der Waals surface area contributed by atoms with E-state index in [4.69, 9.17) is 10.5 Å². The van der Waals surface area contributed by atoms with Gasteiger partial charge in [-0.25, -0.2) is 4.79 Å². The van der Waals surface area contributed by atoms with E-state index in [0.29, 0.717) is 23.5 Å². The normalized spacial score (nSPS) is 10.0. The highest BCUT2D eigenvalue weighted by atomic mass is 16.5.